The van der Waals surface area contributed by atoms with Gasteiger partial charge in [-0.2, -0.15) is 0 Å². The molecule has 100 valence electrons. The predicted octanol–water partition coefficient (Wildman–Crippen LogP) is 2.89. The van der Waals surface area contributed by atoms with Crippen molar-refractivity contribution in [1.29, 1.82) is 0 Å². The van der Waals surface area contributed by atoms with E-state index in [9.17, 15) is 4.39 Å². The molecule has 2 aromatic rings. The molecule has 19 heavy (non-hydrogen) atoms. The summed E-state index contributed by atoms with van der Waals surface area (Å²) in [6.07, 6.45) is 2.65. The predicted molar refractivity (Wildman–Crippen MR) is 75.2 cm³/mol. The molecule has 0 aliphatic carbocycles. The van der Waals surface area contributed by atoms with Crippen molar-refractivity contribution in [3.05, 3.63) is 59.5 Å². The molecule has 1 atom stereocenters. The summed E-state index contributed by atoms with van der Waals surface area (Å²) in [7, 11) is 0. The molecule has 3 nitrogen and oxygen atoms in total. The summed E-state index contributed by atoms with van der Waals surface area (Å²) in [6.45, 7) is 2.91. The fraction of sp³-hybridized carbons (Fsp3) is 0.267. The number of nitrogens with two attached hydrogens (primary N) is 1. The highest BCUT2D eigenvalue weighted by molar-refractivity contribution is 5.45. The molecule has 0 fully saturated rings. The van der Waals surface area contributed by atoms with Gasteiger partial charge >= 0.3 is 0 Å². The average molecular weight is 259 g/mol. The Morgan fingerprint density at radius 2 is 2.16 bits per heavy atom. The number of nitrogens with zero attached hydrogens (tertiary/aromatic N) is 1. The molecule has 4 heteroatoms. The van der Waals surface area contributed by atoms with E-state index < -0.39 is 0 Å². The van der Waals surface area contributed by atoms with Crippen LogP contribution in [-0.2, 0) is 0 Å². The first-order valence-corrected chi connectivity index (χ1v) is 6.41. The number of hydrogen-bond acceptors (Lipinski definition) is 3. The van der Waals surface area contributed by atoms with Crippen molar-refractivity contribution in [1.82, 2.24) is 10.3 Å². The lowest BCUT2D eigenvalue weighted by molar-refractivity contribution is 0.585. The Balaban J connectivity index is 2.38. The number of rotatable bonds is 5. The number of halogens is 1. The number of aromatic nitrogens is 1. The van der Waals surface area contributed by atoms with E-state index in [0.717, 1.165) is 24.1 Å². The minimum absolute atomic E-state index is 0.135. The van der Waals surface area contributed by atoms with E-state index in [4.69, 9.17) is 5.73 Å². The first-order chi connectivity index (χ1) is 9.22. The second-order valence-electron chi connectivity index (χ2n) is 4.42. The summed E-state index contributed by atoms with van der Waals surface area (Å²) in [5.74, 6) is 0.226. The number of hydrogen-bond donors (Lipinski definition) is 2. The van der Waals surface area contributed by atoms with Crippen molar-refractivity contribution in [3.8, 4) is 0 Å². The zero-order chi connectivity index (χ0) is 13.7. The number of nitrogens with one attached hydrogen (secondary N) is 1. The molecule has 2 rings (SSSR count). The van der Waals surface area contributed by atoms with Crippen LogP contribution in [0.25, 0.3) is 0 Å². The Kier molecular flexibility index (Phi) is 4.47. The largest absolute Gasteiger partial charge is 0.383 e. The van der Waals surface area contributed by atoms with Crippen LogP contribution >= 0.6 is 0 Å². The molecule has 3 N–H and O–H groups in total. The summed E-state index contributed by atoms with van der Waals surface area (Å²) in [5, 5.41) is 3.38. The van der Waals surface area contributed by atoms with E-state index in [1.165, 1.54) is 12.1 Å². The van der Waals surface area contributed by atoms with E-state index in [1.54, 1.807) is 12.3 Å². The molecule has 0 spiro atoms. The fourth-order valence-electron chi connectivity index (χ4n) is 2.06. The first kappa shape index (κ1) is 13.5. The lowest BCUT2D eigenvalue weighted by Crippen LogP contribution is -2.24. The maximum absolute atomic E-state index is 13.4. The van der Waals surface area contributed by atoms with Gasteiger partial charge < -0.3 is 11.1 Å². The summed E-state index contributed by atoms with van der Waals surface area (Å²) in [5.41, 5.74) is 7.65. The topological polar surface area (TPSA) is 50.9 Å². The Morgan fingerprint density at radius 3 is 2.84 bits per heavy atom. The molecule has 1 aromatic heterocycles. The molecule has 0 radical (unpaired) electrons. The van der Waals surface area contributed by atoms with Gasteiger partial charge in [0.15, 0.2) is 0 Å². The number of anilines is 1. The van der Waals surface area contributed by atoms with Gasteiger partial charge in [-0.05, 0) is 36.7 Å². The van der Waals surface area contributed by atoms with Crippen LogP contribution < -0.4 is 11.1 Å². The zero-order valence-electron chi connectivity index (χ0n) is 10.9. The van der Waals surface area contributed by atoms with E-state index in [2.05, 4.69) is 17.2 Å². The van der Waals surface area contributed by atoms with Gasteiger partial charge in [-0.3, -0.25) is 0 Å². The summed E-state index contributed by atoms with van der Waals surface area (Å²) < 4.78 is 13.4. The van der Waals surface area contributed by atoms with E-state index >= 15 is 0 Å². The SMILES string of the molecule is CCCNC(c1cccc(F)c1)c1cccnc1N. The van der Waals surface area contributed by atoms with Crippen LogP contribution in [0.1, 0.15) is 30.5 Å². The third-order valence-electron chi connectivity index (χ3n) is 2.96. The first-order valence-electron chi connectivity index (χ1n) is 6.41. The van der Waals surface area contributed by atoms with Crippen LogP contribution in [0.4, 0.5) is 10.2 Å². The third-order valence-corrected chi connectivity index (χ3v) is 2.96. The second kappa shape index (κ2) is 6.29. The molecular weight excluding hydrogens is 241 g/mol. The van der Waals surface area contributed by atoms with Crippen molar-refractivity contribution in [2.24, 2.45) is 0 Å². The number of nitrogen functional groups attached to an aromatic ring is 1. The van der Waals surface area contributed by atoms with Crippen molar-refractivity contribution in [2.75, 3.05) is 12.3 Å². The molecule has 0 amide bonds. The van der Waals surface area contributed by atoms with Crippen molar-refractivity contribution < 1.29 is 4.39 Å². The Bertz CT molecular complexity index is 542. The summed E-state index contributed by atoms with van der Waals surface area (Å²) >= 11 is 0. The minimum Gasteiger partial charge on any atom is -0.383 e. The normalized spacial score (nSPS) is 12.3. The Hall–Kier alpha value is -1.94. The van der Waals surface area contributed by atoms with Crippen LogP contribution in [-0.4, -0.2) is 11.5 Å². The highest BCUT2D eigenvalue weighted by Gasteiger charge is 2.16. The van der Waals surface area contributed by atoms with Gasteiger partial charge in [-0.15, -0.1) is 0 Å². The average Bonchev–Trinajstić information content (AvgIpc) is 2.41. The van der Waals surface area contributed by atoms with Gasteiger partial charge in [0.25, 0.3) is 0 Å². The van der Waals surface area contributed by atoms with Crippen molar-refractivity contribution in [3.63, 3.8) is 0 Å². The van der Waals surface area contributed by atoms with E-state index in [-0.39, 0.29) is 11.9 Å². The quantitative estimate of drug-likeness (QED) is 0.868. The molecular formula is C15H18FN3. The van der Waals surface area contributed by atoms with Gasteiger partial charge in [0.05, 0.1) is 6.04 Å². The molecule has 1 aromatic carbocycles. The number of benzene rings is 1. The highest BCUT2D eigenvalue weighted by Crippen LogP contribution is 2.25. The smallest absolute Gasteiger partial charge is 0.128 e. The maximum Gasteiger partial charge on any atom is 0.128 e. The zero-order valence-corrected chi connectivity index (χ0v) is 10.9. The van der Waals surface area contributed by atoms with Crippen molar-refractivity contribution >= 4 is 5.82 Å². The van der Waals surface area contributed by atoms with Gasteiger partial charge in [0, 0.05) is 11.8 Å². The number of pyridine rings is 1. The Morgan fingerprint density at radius 1 is 1.32 bits per heavy atom. The molecule has 0 aliphatic heterocycles. The van der Waals surface area contributed by atoms with Crippen LogP contribution in [0, 0.1) is 5.82 Å². The molecule has 1 heterocycles. The van der Waals surface area contributed by atoms with Gasteiger partial charge in [-0.1, -0.05) is 25.1 Å². The molecule has 0 aliphatic rings. The lowest BCUT2D eigenvalue weighted by atomic mass is 9.99. The van der Waals surface area contributed by atoms with Gasteiger partial charge in [0.1, 0.15) is 11.6 Å². The monoisotopic (exact) mass is 259 g/mol. The van der Waals surface area contributed by atoms with E-state index in [1.807, 2.05) is 18.2 Å². The molecule has 0 saturated carbocycles. The standard InChI is InChI=1S/C15H18FN3/c1-2-8-18-14(11-5-3-6-12(16)10-11)13-7-4-9-19-15(13)17/h3-7,9-10,14,18H,2,8H2,1H3,(H2,17,19). The van der Waals surface area contributed by atoms with Gasteiger partial charge in [0.2, 0.25) is 0 Å². The Labute approximate surface area is 112 Å². The second-order valence-corrected chi connectivity index (χ2v) is 4.42. The van der Waals surface area contributed by atoms with Crippen LogP contribution in [0.15, 0.2) is 42.6 Å². The van der Waals surface area contributed by atoms with Crippen LogP contribution in [0.2, 0.25) is 0 Å². The highest BCUT2D eigenvalue weighted by atomic mass is 19.1. The van der Waals surface area contributed by atoms with Gasteiger partial charge in [-0.25, -0.2) is 9.37 Å². The van der Waals surface area contributed by atoms with Crippen LogP contribution in [0.3, 0.4) is 0 Å². The van der Waals surface area contributed by atoms with Crippen molar-refractivity contribution in [2.45, 2.75) is 19.4 Å². The third kappa shape index (κ3) is 3.29. The van der Waals surface area contributed by atoms with Crippen LogP contribution in [0.5, 0.6) is 0 Å². The summed E-state index contributed by atoms with van der Waals surface area (Å²) in [6, 6.07) is 10.2. The minimum atomic E-state index is -0.247. The molecule has 0 bridgehead atoms. The summed E-state index contributed by atoms with van der Waals surface area (Å²) in [4.78, 5) is 4.10. The maximum atomic E-state index is 13.4. The lowest BCUT2D eigenvalue weighted by Gasteiger charge is -2.20. The van der Waals surface area contributed by atoms with E-state index in [0.29, 0.717) is 5.82 Å². The molecule has 0 saturated heterocycles. The fourth-order valence-corrected chi connectivity index (χ4v) is 2.06. The molecule has 1 unspecified atom stereocenters.